The molecule has 0 fully saturated rings. The van der Waals surface area contributed by atoms with Crippen molar-refractivity contribution in [2.75, 3.05) is 0 Å². The standard InChI is InChI=1S/C14H16F3IN2O2S/c1-3-9-20-11(2)13(10-19-20)18(12-7-5-4-6-8-12)23(21,22)14(15,16)17/h4-8,10H,3,9H2,1-2H3. The number of aryl methyl sites for hydroxylation is 1. The van der Waals surface area contributed by atoms with Gasteiger partial charge in [-0.3, -0.25) is 0 Å². The predicted molar refractivity (Wildman–Crippen MR) is 90.1 cm³/mol. The summed E-state index contributed by atoms with van der Waals surface area (Å²) in [7, 11) is -5.27. The fourth-order valence-electron chi connectivity index (χ4n) is 1.99. The first-order valence-corrected chi connectivity index (χ1v) is 13.0. The predicted octanol–water partition coefficient (Wildman–Crippen LogP) is 4.00. The van der Waals surface area contributed by atoms with Gasteiger partial charge in [0.1, 0.15) is 0 Å². The molecule has 0 amide bonds. The summed E-state index contributed by atoms with van der Waals surface area (Å²) in [4.78, 5) is 0. The zero-order valence-corrected chi connectivity index (χ0v) is 15.5. The van der Waals surface area contributed by atoms with Gasteiger partial charge in [0, 0.05) is 0 Å². The normalized spacial score (nSPS) is 13.2. The molecule has 1 aromatic heterocycles. The van der Waals surface area contributed by atoms with Gasteiger partial charge < -0.3 is 0 Å². The second-order valence-corrected chi connectivity index (χ2v) is 15.4. The van der Waals surface area contributed by atoms with E-state index in [1.54, 1.807) is 29.8 Å². The average Bonchev–Trinajstić information content (AvgIpc) is 2.81. The van der Waals surface area contributed by atoms with E-state index in [-0.39, 0.29) is 7.14 Å². The molecule has 2 rings (SSSR count). The third-order valence-corrected chi connectivity index (χ3v) is 15.3. The van der Waals surface area contributed by atoms with Crippen LogP contribution in [0.25, 0.3) is 0 Å². The van der Waals surface area contributed by atoms with Gasteiger partial charge in [-0.25, -0.2) is 0 Å². The van der Waals surface area contributed by atoms with Crippen LogP contribution in [0.3, 0.4) is 0 Å². The van der Waals surface area contributed by atoms with Gasteiger partial charge in [0.2, 0.25) is 0 Å². The molecule has 1 heterocycles. The molecular weight excluding hydrogens is 444 g/mol. The molecule has 0 aliphatic heterocycles. The van der Waals surface area contributed by atoms with E-state index in [0.29, 0.717) is 12.2 Å². The van der Waals surface area contributed by atoms with Crippen LogP contribution in [-0.4, -0.2) is 23.7 Å². The zero-order chi connectivity index (χ0) is 17.3. The molecule has 0 spiro atoms. The van der Waals surface area contributed by atoms with E-state index in [0.717, 1.165) is 6.42 Å². The summed E-state index contributed by atoms with van der Waals surface area (Å²) in [5.41, 5.74) is -4.78. The van der Waals surface area contributed by atoms with Crippen molar-refractivity contribution in [1.82, 2.24) is 9.78 Å². The summed E-state index contributed by atoms with van der Waals surface area (Å²) in [6.45, 7) is 4.08. The number of hydrogen-bond acceptors (Lipinski definition) is 3. The molecule has 0 radical (unpaired) electrons. The molecule has 0 unspecified atom stereocenters. The van der Waals surface area contributed by atoms with Crippen LogP contribution in [0.15, 0.2) is 36.5 Å². The maximum atomic E-state index is 13.2. The fourth-order valence-corrected chi connectivity index (χ4v) is 12.8. The molecule has 9 heteroatoms. The number of alkyl halides is 3. The third kappa shape index (κ3) is 3.54. The third-order valence-electron chi connectivity index (χ3n) is 3.07. The molecular formula is C14H16F3IN2O2S. The van der Waals surface area contributed by atoms with Crippen molar-refractivity contribution >= 4 is 25.4 Å². The van der Waals surface area contributed by atoms with E-state index in [2.05, 4.69) is 5.10 Å². The molecule has 2 aromatic rings. The van der Waals surface area contributed by atoms with Crippen molar-refractivity contribution in [2.45, 2.75) is 32.3 Å². The summed E-state index contributed by atoms with van der Waals surface area (Å²) in [6.07, 6.45) is 2.04. The van der Waals surface area contributed by atoms with Gasteiger partial charge in [-0.05, 0) is 0 Å². The number of hydrogen-bond donors (Lipinski definition) is 0. The maximum absolute atomic E-state index is 13.2. The molecule has 128 valence electrons. The Bertz CT molecular complexity index is 773. The van der Waals surface area contributed by atoms with E-state index in [9.17, 15) is 21.6 Å². The van der Waals surface area contributed by atoms with E-state index < -0.39 is 31.0 Å². The number of rotatable bonds is 5. The average molecular weight is 460 g/mol. The zero-order valence-electron chi connectivity index (χ0n) is 12.5. The molecule has 4 nitrogen and oxygen atoms in total. The van der Waals surface area contributed by atoms with Crippen molar-refractivity contribution in [2.24, 2.45) is 0 Å². The van der Waals surface area contributed by atoms with Gasteiger partial charge in [0.05, 0.1) is 0 Å². The van der Waals surface area contributed by atoms with Crippen molar-refractivity contribution in [1.29, 1.82) is 0 Å². The van der Waals surface area contributed by atoms with E-state index in [1.165, 1.54) is 18.3 Å². The minimum atomic E-state index is -5.27. The van der Waals surface area contributed by atoms with Crippen molar-refractivity contribution < 1.29 is 21.6 Å². The molecule has 0 N–H and O–H groups in total. The molecule has 0 aliphatic rings. The van der Waals surface area contributed by atoms with Crippen LogP contribution >= 0.6 is 18.4 Å². The monoisotopic (exact) mass is 460 g/mol. The Morgan fingerprint density at radius 2 is 1.83 bits per heavy atom. The molecule has 23 heavy (non-hydrogen) atoms. The van der Waals surface area contributed by atoms with Crippen LogP contribution in [0.5, 0.6) is 0 Å². The van der Waals surface area contributed by atoms with Crippen molar-refractivity contribution in [3.63, 3.8) is 0 Å². The number of nitrogens with zero attached hydrogens (tertiary/aromatic N) is 2. The first-order chi connectivity index (χ1) is 10.7. The van der Waals surface area contributed by atoms with Crippen LogP contribution in [0, 0.1) is 14.1 Å². The Labute approximate surface area is 138 Å². The second kappa shape index (κ2) is 6.80. The molecule has 0 aliphatic carbocycles. The topological polar surface area (TPSA) is 52.0 Å². The SMILES string of the molecule is CCCn1ncc(I(c2ccccc2)S(=O)(=O)C(F)(F)F)c1C. The van der Waals surface area contributed by atoms with E-state index in [1.807, 2.05) is 6.92 Å². The van der Waals surface area contributed by atoms with Gasteiger partial charge in [-0.2, -0.15) is 0 Å². The number of benzene rings is 1. The Balaban J connectivity index is 2.65. The Morgan fingerprint density at radius 3 is 2.35 bits per heavy atom. The van der Waals surface area contributed by atoms with Crippen LogP contribution < -0.4 is 0 Å². The Kier molecular flexibility index (Phi) is 5.39. The minimum absolute atomic E-state index is 0.214. The number of halogens is 4. The van der Waals surface area contributed by atoms with Gasteiger partial charge in [0.15, 0.2) is 0 Å². The van der Waals surface area contributed by atoms with Crippen LogP contribution in [0.1, 0.15) is 19.0 Å². The molecule has 0 saturated heterocycles. The second-order valence-electron chi connectivity index (χ2n) is 4.73. The van der Waals surface area contributed by atoms with Crippen LogP contribution in [-0.2, 0) is 13.6 Å². The Hall–Kier alpha value is -1.10. The summed E-state index contributed by atoms with van der Waals surface area (Å²) in [6, 6.07) is 7.65. The van der Waals surface area contributed by atoms with Crippen LogP contribution in [0.4, 0.5) is 13.2 Å². The molecule has 1 aromatic carbocycles. The van der Waals surface area contributed by atoms with Crippen molar-refractivity contribution in [3.8, 4) is 0 Å². The summed E-state index contributed by atoms with van der Waals surface area (Å²) in [5, 5.41) is 4.07. The van der Waals surface area contributed by atoms with Gasteiger partial charge in [-0.1, -0.05) is 0 Å². The number of aromatic nitrogens is 2. The quantitative estimate of drug-likeness (QED) is 0.501. The fraction of sp³-hybridized carbons (Fsp3) is 0.357. The van der Waals surface area contributed by atoms with Crippen LogP contribution in [0.2, 0.25) is 0 Å². The molecule has 0 atom stereocenters. The molecule has 0 bridgehead atoms. The summed E-state index contributed by atoms with van der Waals surface area (Å²) < 4.78 is 65.9. The van der Waals surface area contributed by atoms with Crippen molar-refractivity contribution in [3.05, 3.63) is 49.4 Å². The van der Waals surface area contributed by atoms with E-state index >= 15 is 0 Å². The summed E-state index contributed by atoms with van der Waals surface area (Å²) in [5.74, 6) is 0. The first kappa shape index (κ1) is 18.2. The summed E-state index contributed by atoms with van der Waals surface area (Å²) >= 11 is -3.79. The Morgan fingerprint density at radius 1 is 1.22 bits per heavy atom. The first-order valence-electron chi connectivity index (χ1n) is 6.79. The molecule has 0 saturated carbocycles. The van der Waals surface area contributed by atoms with Gasteiger partial charge >= 0.3 is 138 Å². The van der Waals surface area contributed by atoms with Gasteiger partial charge in [-0.15, -0.1) is 0 Å². The van der Waals surface area contributed by atoms with Gasteiger partial charge in [0.25, 0.3) is 0 Å². The van der Waals surface area contributed by atoms with E-state index in [4.69, 9.17) is 0 Å².